The number of nitrogens with one attached hydrogen (secondary N) is 2. The normalized spacial score (nSPS) is 11.2. The van der Waals surface area contributed by atoms with Crippen LogP contribution in [0.4, 0.5) is 0 Å². The maximum atomic E-state index is 5.66. The van der Waals surface area contributed by atoms with Gasteiger partial charge in [-0.05, 0) is 44.2 Å². The maximum absolute atomic E-state index is 5.66. The van der Waals surface area contributed by atoms with Gasteiger partial charge >= 0.3 is 0 Å². The number of hydrogen-bond acceptors (Lipinski definition) is 4. The van der Waals surface area contributed by atoms with Gasteiger partial charge in [0.25, 0.3) is 0 Å². The van der Waals surface area contributed by atoms with Crippen molar-refractivity contribution in [2.24, 2.45) is 4.99 Å². The third-order valence-corrected chi connectivity index (χ3v) is 3.75. The molecule has 0 saturated carbocycles. The maximum Gasteiger partial charge on any atom is 0.191 e. The molecule has 0 spiro atoms. The van der Waals surface area contributed by atoms with Crippen LogP contribution in [-0.4, -0.2) is 51.3 Å². The van der Waals surface area contributed by atoms with Gasteiger partial charge in [0.15, 0.2) is 17.5 Å². The lowest BCUT2D eigenvalue weighted by Gasteiger charge is -2.14. The fourth-order valence-corrected chi connectivity index (χ4v) is 2.37. The predicted molar refractivity (Wildman–Crippen MR) is 100 cm³/mol. The molecule has 0 aliphatic rings. The molecule has 0 radical (unpaired) electrons. The molecule has 0 unspecified atom stereocenters. The number of guanidine groups is 1. The first-order valence-electron chi connectivity index (χ1n) is 8.07. The number of aliphatic imine (C=N–C) groups is 1. The summed E-state index contributed by atoms with van der Waals surface area (Å²) >= 11 is 1.82. The summed E-state index contributed by atoms with van der Waals surface area (Å²) < 4.78 is 11.2. The minimum atomic E-state index is 0.633. The van der Waals surface area contributed by atoms with Gasteiger partial charge in [0.05, 0.1) is 13.2 Å². The Morgan fingerprint density at radius 2 is 1.78 bits per heavy atom. The van der Waals surface area contributed by atoms with Gasteiger partial charge in [-0.2, -0.15) is 11.8 Å². The summed E-state index contributed by atoms with van der Waals surface area (Å²) in [5.41, 5.74) is 1.21. The van der Waals surface area contributed by atoms with Crippen molar-refractivity contribution in [1.82, 2.24) is 10.6 Å². The molecule has 0 aliphatic carbocycles. The third kappa shape index (κ3) is 7.50. The molecule has 0 fully saturated rings. The van der Waals surface area contributed by atoms with E-state index < -0.39 is 0 Å². The molecule has 0 atom stereocenters. The first-order valence-corrected chi connectivity index (χ1v) is 9.46. The molecule has 2 N–H and O–H groups in total. The molecule has 1 rings (SSSR count). The number of hydrogen-bond donors (Lipinski definition) is 2. The zero-order valence-electron chi connectivity index (χ0n) is 14.6. The van der Waals surface area contributed by atoms with Crippen LogP contribution in [0.1, 0.15) is 19.4 Å². The van der Waals surface area contributed by atoms with Crippen molar-refractivity contribution in [3.05, 3.63) is 23.8 Å². The van der Waals surface area contributed by atoms with Crippen LogP contribution >= 0.6 is 11.8 Å². The number of ether oxygens (including phenoxy) is 2. The SMILES string of the molecule is CCOc1ccc(CCNC(=NC)NCCSC)cc1OCC. The number of nitrogens with zero attached hydrogens (tertiary/aromatic N) is 1. The van der Waals surface area contributed by atoms with Crippen LogP contribution in [0.5, 0.6) is 11.5 Å². The van der Waals surface area contributed by atoms with Crippen LogP contribution in [0, 0.1) is 0 Å². The monoisotopic (exact) mass is 339 g/mol. The Kier molecular flexibility index (Phi) is 10.1. The molecule has 0 aliphatic heterocycles. The van der Waals surface area contributed by atoms with Crippen molar-refractivity contribution in [3.63, 3.8) is 0 Å². The Bertz CT molecular complexity index is 481. The van der Waals surface area contributed by atoms with E-state index in [1.165, 1.54) is 5.56 Å². The molecule has 1 aromatic rings. The number of thioether (sulfide) groups is 1. The van der Waals surface area contributed by atoms with Gasteiger partial charge in [0, 0.05) is 25.9 Å². The van der Waals surface area contributed by atoms with Crippen molar-refractivity contribution in [3.8, 4) is 11.5 Å². The Labute approximate surface area is 144 Å². The largest absolute Gasteiger partial charge is 0.490 e. The first-order chi connectivity index (χ1) is 11.2. The summed E-state index contributed by atoms with van der Waals surface area (Å²) in [6.07, 6.45) is 3.00. The van der Waals surface area contributed by atoms with E-state index in [2.05, 4.69) is 34.0 Å². The summed E-state index contributed by atoms with van der Waals surface area (Å²) in [7, 11) is 1.79. The van der Waals surface area contributed by atoms with Gasteiger partial charge < -0.3 is 20.1 Å². The zero-order valence-corrected chi connectivity index (χ0v) is 15.5. The van der Waals surface area contributed by atoms with Crippen LogP contribution in [0.15, 0.2) is 23.2 Å². The van der Waals surface area contributed by atoms with Crippen molar-refractivity contribution < 1.29 is 9.47 Å². The van der Waals surface area contributed by atoms with Crippen LogP contribution in [-0.2, 0) is 6.42 Å². The van der Waals surface area contributed by atoms with Gasteiger partial charge in [-0.25, -0.2) is 0 Å². The lowest BCUT2D eigenvalue weighted by molar-refractivity contribution is 0.287. The second-order valence-corrected chi connectivity index (χ2v) is 5.80. The summed E-state index contributed by atoms with van der Waals surface area (Å²) in [6, 6.07) is 6.12. The summed E-state index contributed by atoms with van der Waals surface area (Å²) in [5, 5.41) is 6.61. The number of benzene rings is 1. The molecule has 0 saturated heterocycles. The van der Waals surface area contributed by atoms with Gasteiger partial charge in [-0.3, -0.25) is 4.99 Å². The van der Waals surface area contributed by atoms with Crippen molar-refractivity contribution in [2.75, 3.05) is 45.4 Å². The quantitative estimate of drug-likeness (QED) is 0.390. The molecule has 5 nitrogen and oxygen atoms in total. The first kappa shape index (κ1) is 19.5. The molecule has 0 bridgehead atoms. The highest BCUT2D eigenvalue weighted by Gasteiger charge is 2.06. The molecule has 0 amide bonds. The minimum absolute atomic E-state index is 0.633. The van der Waals surface area contributed by atoms with Gasteiger partial charge in [0.1, 0.15) is 0 Å². The van der Waals surface area contributed by atoms with Gasteiger partial charge in [0.2, 0.25) is 0 Å². The summed E-state index contributed by atoms with van der Waals surface area (Å²) in [6.45, 7) is 6.96. The molecule has 6 heteroatoms. The topological polar surface area (TPSA) is 54.9 Å². The van der Waals surface area contributed by atoms with E-state index in [9.17, 15) is 0 Å². The standard InChI is InChI=1S/C17H29N3O2S/c1-5-21-15-8-7-14(13-16(15)22-6-2)9-10-19-17(18-3)20-11-12-23-4/h7-8,13H,5-6,9-12H2,1-4H3,(H2,18,19,20). The second kappa shape index (κ2) is 11.9. The predicted octanol–water partition coefficient (Wildman–Crippen LogP) is 2.55. The van der Waals surface area contributed by atoms with E-state index in [0.717, 1.165) is 42.7 Å². The third-order valence-electron chi connectivity index (χ3n) is 3.14. The Morgan fingerprint density at radius 1 is 1.09 bits per heavy atom. The Hall–Kier alpha value is -1.56. The summed E-state index contributed by atoms with van der Waals surface area (Å²) in [5.74, 6) is 3.53. The Morgan fingerprint density at radius 3 is 2.43 bits per heavy atom. The Balaban J connectivity index is 2.51. The molecular formula is C17H29N3O2S. The molecule has 0 aromatic heterocycles. The van der Waals surface area contributed by atoms with Crippen LogP contribution in [0.2, 0.25) is 0 Å². The average molecular weight is 340 g/mol. The lowest BCUT2D eigenvalue weighted by Crippen LogP contribution is -2.39. The van der Waals surface area contributed by atoms with Crippen molar-refractivity contribution in [1.29, 1.82) is 0 Å². The van der Waals surface area contributed by atoms with E-state index in [0.29, 0.717) is 13.2 Å². The highest BCUT2D eigenvalue weighted by Crippen LogP contribution is 2.28. The van der Waals surface area contributed by atoms with E-state index in [1.807, 2.05) is 31.7 Å². The average Bonchev–Trinajstić information content (AvgIpc) is 2.56. The van der Waals surface area contributed by atoms with E-state index in [-0.39, 0.29) is 0 Å². The van der Waals surface area contributed by atoms with E-state index in [1.54, 1.807) is 7.05 Å². The number of rotatable bonds is 10. The van der Waals surface area contributed by atoms with Crippen molar-refractivity contribution >= 4 is 17.7 Å². The van der Waals surface area contributed by atoms with E-state index in [4.69, 9.17) is 9.47 Å². The zero-order chi connectivity index (χ0) is 16.9. The van der Waals surface area contributed by atoms with Crippen LogP contribution < -0.4 is 20.1 Å². The van der Waals surface area contributed by atoms with Gasteiger partial charge in [-0.1, -0.05) is 6.07 Å². The van der Waals surface area contributed by atoms with E-state index >= 15 is 0 Å². The molecule has 1 aromatic carbocycles. The second-order valence-electron chi connectivity index (χ2n) is 4.82. The molecule has 23 heavy (non-hydrogen) atoms. The van der Waals surface area contributed by atoms with Crippen molar-refractivity contribution in [2.45, 2.75) is 20.3 Å². The minimum Gasteiger partial charge on any atom is -0.490 e. The lowest BCUT2D eigenvalue weighted by atomic mass is 10.1. The fourth-order valence-electron chi connectivity index (χ4n) is 2.07. The van der Waals surface area contributed by atoms with Gasteiger partial charge in [-0.15, -0.1) is 0 Å². The van der Waals surface area contributed by atoms with Crippen LogP contribution in [0.3, 0.4) is 0 Å². The molecule has 0 heterocycles. The smallest absolute Gasteiger partial charge is 0.191 e. The highest BCUT2D eigenvalue weighted by atomic mass is 32.2. The highest BCUT2D eigenvalue weighted by molar-refractivity contribution is 7.98. The molecular weight excluding hydrogens is 310 g/mol. The molecule has 130 valence electrons. The fraction of sp³-hybridized carbons (Fsp3) is 0.588. The summed E-state index contributed by atoms with van der Waals surface area (Å²) in [4.78, 5) is 4.22. The van der Waals surface area contributed by atoms with Crippen LogP contribution in [0.25, 0.3) is 0 Å².